The molecule has 0 unspecified atom stereocenters. The molecule has 0 bridgehead atoms. The van der Waals surface area contributed by atoms with E-state index in [1.807, 2.05) is 0 Å². The van der Waals surface area contributed by atoms with E-state index in [2.05, 4.69) is 6.58 Å². The molecule has 0 aliphatic rings. The van der Waals surface area contributed by atoms with Crippen LogP contribution in [0.1, 0.15) is 22.8 Å². The van der Waals surface area contributed by atoms with E-state index in [0.29, 0.717) is 6.07 Å². The van der Waals surface area contributed by atoms with Crippen LogP contribution < -0.4 is 4.74 Å². The Balaban J connectivity index is 2.28. The van der Waals surface area contributed by atoms with Gasteiger partial charge in [-0.25, -0.2) is 18.4 Å². The summed E-state index contributed by atoms with van der Waals surface area (Å²) in [5, 5.41) is 0. The first-order valence-corrected chi connectivity index (χ1v) is 9.03. The Labute approximate surface area is 158 Å². The molecular weight excluding hydrogens is 398 g/mol. The molecule has 148 valence electrons. The fraction of sp³-hybridized carbons (Fsp3) is 0.111. The first-order valence-electron chi connectivity index (χ1n) is 7.59. The molecule has 0 amide bonds. The van der Waals surface area contributed by atoms with Crippen LogP contribution in [0.3, 0.4) is 0 Å². The summed E-state index contributed by atoms with van der Waals surface area (Å²) in [7, 11) is -4.45. The van der Waals surface area contributed by atoms with E-state index in [1.165, 1.54) is 6.92 Å². The Kier molecular flexibility index (Phi) is 6.26. The molecule has 0 radical (unpaired) electrons. The highest BCUT2D eigenvalue weighted by atomic mass is 32.2. The van der Waals surface area contributed by atoms with Gasteiger partial charge in [-0.2, -0.15) is 8.42 Å². The molecule has 2 aromatic carbocycles. The van der Waals surface area contributed by atoms with Crippen molar-refractivity contribution in [1.29, 1.82) is 0 Å². The molecule has 10 heteroatoms. The van der Waals surface area contributed by atoms with Crippen LogP contribution in [0, 0.1) is 11.6 Å². The first-order chi connectivity index (χ1) is 13.0. The van der Waals surface area contributed by atoms with Gasteiger partial charge in [0.05, 0.1) is 10.5 Å². The lowest BCUT2D eigenvalue weighted by Gasteiger charge is -2.12. The summed E-state index contributed by atoms with van der Waals surface area (Å²) in [6, 6.07) is 5.28. The Morgan fingerprint density at radius 2 is 1.75 bits per heavy atom. The van der Waals surface area contributed by atoms with Crippen LogP contribution in [0.4, 0.5) is 8.78 Å². The molecular formula is C18H14F2O7S. The Bertz CT molecular complexity index is 1040. The van der Waals surface area contributed by atoms with E-state index in [0.717, 1.165) is 30.3 Å². The molecule has 0 aliphatic carbocycles. The van der Waals surface area contributed by atoms with Gasteiger partial charge >= 0.3 is 11.9 Å². The topological polar surface area (TPSA) is 107 Å². The third-order valence-corrected chi connectivity index (χ3v) is 4.24. The van der Waals surface area contributed by atoms with Crippen molar-refractivity contribution in [3.63, 3.8) is 0 Å². The van der Waals surface area contributed by atoms with Crippen molar-refractivity contribution < 1.29 is 40.8 Å². The minimum atomic E-state index is -4.45. The Morgan fingerprint density at radius 1 is 1.14 bits per heavy atom. The smallest absolute Gasteiger partial charge is 0.343 e. The molecule has 0 saturated carbocycles. The molecule has 2 rings (SSSR count). The maximum absolute atomic E-state index is 14.1. The molecule has 28 heavy (non-hydrogen) atoms. The molecule has 0 spiro atoms. The minimum absolute atomic E-state index is 0.0642. The summed E-state index contributed by atoms with van der Waals surface area (Å²) in [4.78, 5) is 23.2. The zero-order valence-electron chi connectivity index (χ0n) is 14.4. The van der Waals surface area contributed by atoms with Crippen LogP contribution in [0.25, 0.3) is 0 Å². The molecule has 0 aromatic heterocycles. The molecule has 7 nitrogen and oxygen atoms in total. The van der Waals surface area contributed by atoms with E-state index in [4.69, 9.17) is 14.0 Å². The lowest BCUT2D eigenvalue weighted by Crippen LogP contribution is -2.13. The molecule has 0 fully saturated rings. The summed E-state index contributed by atoms with van der Waals surface area (Å²) < 4.78 is 68.3. The second-order valence-electron chi connectivity index (χ2n) is 5.62. The van der Waals surface area contributed by atoms with Gasteiger partial charge in [-0.1, -0.05) is 6.58 Å². The van der Waals surface area contributed by atoms with Crippen molar-refractivity contribution in [1.82, 2.24) is 0 Å². The van der Waals surface area contributed by atoms with E-state index in [9.17, 15) is 26.8 Å². The molecule has 0 saturated heterocycles. The average molecular weight is 412 g/mol. The fourth-order valence-electron chi connectivity index (χ4n) is 2.02. The van der Waals surface area contributed by atoms with Crippen molar-refractivity contribution >= 4 is 22.1 Å². The summed E-state index contributed by atoms with van der Waals surface area (Å²) in [6.45, 7) is 4.17. The predicted molar refractivity (Wildman–Crippen MR) is 92.2 cm³/mol. The summed E-state index contributed by atoms with van der Waals surface area (Å²) >= 11 is 0. The minimum Gasteiger partial charge on any atom is -0.457 e. The zero-order valence-corrected chi connectivity index (χ0v) is 15.3. The van der Waals surface area contributed by atoms with Crippen molar-refractivity contribution in [3.8, 4) is 5.75 Å². The molecule has 0 aliphatic heterocycles. The standard InChI is InChI=1S/C18H14F2O7S/c1-10(2)17(21)26-9-12-7-13(19)8-15(20)16(12)27-18(22)11-3-5-14(6-4-11)28(23,24)25/h3-8H,1,9H2,2H3,(H,23,24,25). The molecule has 0 atom stereocenters. The van der Waals surface area contributed by atoms with Gasteiger partial charge in [-0.15, -0.1) is 0 Å². The molecule has 2 aromatic rings. The Hall–Kier alpha value is -3.11. The van der Waals surface area contributed by atoms with Gasteiger partial charge in [0.15, 0.2) is 11.6 Å². The number of halogens is 2. The van der Waals surface area contributed by atoms with Gasteiger partial charge in [0, 0.05) is 17.2 Å². The number of hydrogen-bond acceptors (Lipinski definition) is 6. The normalized spacial score (nSPS) is 11.0. The lowest BCUT2D eigenvalue weighted by atomic mass is 10.2. The fourth-order valence-corrected chi connectivity index (χ4v) is 2.50. The highest BCUT2D eigenvalue weighted by Gasteiger charge is 2.20. The number of esters is 2. The highest BCUT2D eigenvalue weighted by molar-refractivity contribution is 7.85. The van der Waals surface area contributed by atoms with Crippen LogP contribution in [-0.2, 0) is 26.3 Å². The third-order valence-electron chi connectivity index (χ3n) is 3.38. The summed E-state index contributed by atoms with van der Waals surface area (Å²) in [6.07, 6.45) is 0. The lowest BCUT2D eigenvalue weighted by molar-refractivity contribution is -0.140. The van der Waals surface area contributed by atoms with Crippen LogP contribution in [0.5, 0.6) is 5.75 Å². The number of ether oxygens (including phenoxy) is 2. The maximum Gasteiger partial charge on any atom is 0.343 e. The van der Waals surface area contributed by atoms with Crippen molar-refractivity contribution in [3.05, 3.63) is 71.3 Å². The van der Waals surface area contributed by atoms with Gasteiger partial charge in [-0.3, -0.25) is 4.55 Å². The van der Waals surface area contributed by atoms with Gasteiger partial charge in [0.2, 0.25) is 0 Å². The number of hydrogen-bond donors (Lipinski definition) is 1. The largest absolute Gasteiger partial charge is 0.457 e. The summed E-state index contributed by atoms with van der Waals surface area (Å²) in [5.41, 5.74) is -0.342. The van der Waals surface area contributed by atoms with E-state index >= 15 is 0 Å². The van der Waals surface area contributed by atoms with Crippen LogP contribution in [-0.4, -0.2) is 24.9 Å². The number of carbonyl (C=O) groups excluding carboxylic acids is 2. The van der Waals surface area contributed by atoms with Gasteiger partial charge < -0.3 is 9.47 Å². The van der Waals surface area contributed by atoms with E-state index in [-0.39, 0.29) is 16.7 Å². The van der Waals surface area contributed by atoms with E-state index in [1.54, 1.807) is 0 Å². The maximum atomic E-state index is 14.1. The quantitative estimate of drug-likeness (QED) is 0.336. The Morgan fingerprint density at radius 3 is 2.29 bits per heavy atom. The van der Waals surface area contributed by atoms with Gasteiger partial charge in [-0.05, 0) is 37.3 Å². The first kappa shape index (κ1) is 21.2. The van der Waals surface area contributed by atoms with Gasteiger partial charge in [0.1, 0.15) is 12.4 Å². The second kappa shape index (κ2) is 8.28. The SMILES string of the molecule is C=C(C)C(=O)OCc1cc(F)cc(F)c1OC(=O)c1ccc(S(=O)(=O)O)cc1. The second-order valence-corrected chi connectivity index (χ2v) is 7.04. The number of benzene rings is 2. The van der Waals surface area contributed by atoms with Crippen molar-refractivity contribution in [2.24, 2.45) is 0 Å². The predicted octanol–water partition coefficient (Wildman–Crippen LogP) is 3.05. The van der Waals surface area contributed by atoms with E-state index < -0.39 is 50.9 Å². The average Bonchev–Trinajstić information content (AvgIpc) is 2.61. The number of carbonyl (C=O) groups is 2. The van der Waals surface area contributed by atoms with Crippen molar-refractivity contribution in [2.75, 3.05) is 0 Å². The highest BCUT2D eigenvalue weighted by Crippen LogP contribution is 2.26. The van der Waals surface area contributed by atoms with Crippen LogP contribution in [0.2, 0.25) is 0 Å². The molecule has 1 N–H and O–H groups in total. The zero-order chi connectivity index (χ0) is 21.1. The van der Waals surface area contributed by atoms with Crippen LogP contribution in [0.15, 0.2) is 53.4 Å². The third kappa shape index (κ3) is 5.21. The van der Waals surface area contributed by atoms with Crippen molar-refractivity contribution in [2.45, 2.75) is 18.4 Å². The van der Waals surface area contributed by atoms with Crippen LogP contribution >= 0.6 is 0 Å². The number of rotatable bonds is 6. The monoisotopic (exact) mass is 412 g/mol. The molecule has 0 heterocycles. The summed E-state index contributed by atoms with van der Waals surface area (Å²) in [5.74, 6) is -4.72. The van der Waals surface area contributed by atoms with Gasteiger partial charge in [0.25, 0.3) is 10.1 Å².